The van der Waals surface area contributed by atoms with Crippen LogP contribution in [0.5, 0.6) is 0 Å². The fourth-order valence-corrected chi connectivity index (χ4v) is 3.90. The Morgan fingerprint density at radius 1 is 1.21 bits per heavy atom. The van der Waals surface area contributed by atoms with Crippen molar-refractivity contribution < 1.29 is 0 Å². The van der Waals surface area contributed by atoms with E-state index in [1.54, 1.807) is 11.3 Å². The smallest absolute Gasteiger partial charge is 0.0406 e. The minimum atomic E-state index is 0.364. The van der Waals surface area contributed by atoms with Gasteiger partial charge in [0.1, 0.15) is 0 Å². The lowest BCUT2D eigenvalue weighted by atomic mass is 9.89. The van der Waals surface area contributed by atoms with Gasteiger partial charge in [0.15, 0.2) is 0 Å². The summed E-state index contributed by atoms with van der Waals surface area (Å²) in [5.41, 5.74) is 2.75. The molecule has 0 bridgehead atoms. The van der Waals surface area contributed by atoms with E-state index in [9.17, 15) is 0 Å². The maximum atomic E-state index is 3.69. The molecular weight excluding hydrogens is 318 g/mol. The first kappa shape index (κ1) is 14.8. The molecule has 0 spiro atoms. The summed E-state index contributed by atoms with van der Waals surface area (Å²) in [4.78, 5) is 0. The van der Waals surface area contributed by atoms with Crippen LogP contribution in [0.1, 0.15) is 43.4 Å². The number of hydrogen-bond donors (Lipinski definition) is 1. The molecule has 2 rings (SSSR count). The topological polar surface area (TPSA) is 12.0 Å². The van der Waals surface area contributed by atoms with Crippen LogP contribution < -0.4 is 5.32 Å². The predicted octanol–water partition coefficient (Wildman–Crippen LogP) is 5.36. The standard InChI is InChI=1S/C16H20BrNS/c1-3-9-18-16(14-10-19-11-15(14)17)12(2)13-7-5-4-6-8-13/h4-8,10-12,16,18H,3,9H2,1-2H3. The van der Waals surface area contributed by atoms with Crippen molar-refractivity contribution in [3.05, 3.63) is 56.7 Å². The number of nitrogens with one attached hydrogen (secondary N) is 1. The maximum Gasteiger partial charge on any atom is 0.0406 e. The Balaban J connectivity index is 2.25. The van der Waals surface area contributed by atoms with Gasteiger partial charge in [-0.25, -0.2) is 0 Å². The molecule has 0 saturated carbocycles. The second kappa shape index (κ2) is 7.22. The summed E-state index contributed by atoms with van der Waals surface area (Å²) in [5, 5.41) is 8.09. The zero-order valence-electron chi connectivity index (χ0n) is 11.4. The minimum absolute atomic E-state index is 0.364. The third kappa shape index (κ3) is 3.68. The van der Waals surface area contributed by atoms with Crippen molar-refractivity contribution in [2.24, 2.45) is 0 Å². The highest BCUT2D eigenvalue weighted by Crippen LogP contribution is 2.36. The van der Waals surface area contributed by atoms with Gasteiger partial charge in [0.2, 0.25) is 0 Å². The quantitative estimate of drug-likeness (QED) is 0.748. The average molecular weight is 338 g/mol. The maximum absolute atomic E-state index is 3.69. The highest BCUT2D eigenvalue weighted by Gasteiger charge is 2.22. The monoisotopic (exact) mass is 337 g/mol. The molecule has 0 aliphatic heterocycles. The van der Waals surface area contributed by atoms with E-state index in [2.05, 4.69) is 76.2 Å². The first-order valence-electron chi connectivity index (χ1n) is 6.74. The molecule has 1 N–H and O–H groups in total. The predicted molar refractivity (Wildman–Crippen MR) is 87.9 cm³/mol. The molecule has 1 nitrogen and oxygen atoms in total. The summed E-state index contributed by atoms with van der Waals surface area (Å²) < 4.78 is 1.22. The van der Waals surface area contributed by atoms with Crippen LogP contribution in [0.4, 0.5) is 0 Å². The summed E-state index contributed by atoms with van der Waals surface area (Å²) in [6.45, 7) is 5.55. The summed E-state index contributed by atoms with van der Waals surface area (Å²) >= 11 is 5.42. The van der Waals surface area contributed by atoms with Crippen molar-refractivity contribution >= 4 is 27.3 Å². The fraction of sp³-hybridized carbons (Fsp3) is 0.375. The molecule has 1 aromatic carbocycles. The lowest BCUT2D eigenvalue weighted by molar-refractivity contribution is 0.466. The summed E-state index contributed by atoms with van der Waals surface area (Å²) in [7, 11) is 0. The molecule has 102 valence electrons. The number of hydrogen-bond acceptors (Lipinski definition) is 2. The third-order valence-electron chi connectivity index (χ3n) is 3.42. The van der Waals surface area contributed by atoms with Crippen LogP contribution in [0, 0.1) is 0 Å². The van der Waals surface area contributed by atoms with Gasteiger partial charge < -0.3 is 5.32 Å². The first-order valence-corrected chi connectivity index (χ1v) is 8.47. The Bertz CT molecular complexity index is 494. The normalized spacial score (nSPS) is 14.3. The molecule has 1 heterocycles. The van der Waals surface area contributed by atoms with E-state index < -0.39 is 0 Å². The van der Waals surface area contributed by atoms with Gasteiger partial charge in [0.25, 0.3) is 0 Å². The van der Waals surface area contributed by atoms with Crippen molar-refractivity contribution in [3.63, 3.8) is 0 Å². The van der Waals surface area contributed by atoms with Crippen molar-refractivity contribution in [1.82, 2.24) is 5.32 Å². The summed E-state index contributed by atoms with van der Waals surface area (Å²) in [6.07, 6.45) is 1.15. The summed E-state index contributed by atoms with van der Waals surface area (Å²) in [5.74, 6) is 0.457. The van der Waals surface area contributed by atoms with Crippen LogP contribution in [-0.4, -0.2) is 6.54 Å². The molecule has 0 amide bonds. The lowest BCUT2D eigenvalue weighted by Crippen LogP contribution is -2.26. The van der Waals surface area contributed by atoms with E-state index in [1.165, 1.54) is 15.6 Å². The highest BCUT2D eigenvalue weighted by molar-refractivity contribution is 9.10. The van der Waals surface area contributed by atoms with Crippen molar-refractivity contribution in [1.29, 1.82) is 0 Å². The minimum Gasteiger partial charge on any atom is -0.309 e. The van der Waals surface area contributed by atoms with Gasteiger partial charge in [-0.3, -0.25) is 0 Å². The van der Waals surface area contributed by atoms with Gasteiger partial charge in [0.05, 0.1) is 0 Å². The molecule has 0 radical (unpaired) electrons. The van der Waals surface area contributed by atoms with Crippen LogP contribution >= 0.6 is 27.3 Å². The molecular formula is C16H20BrNS. The second-order valence-corrected chi connectivity index (χ2v) is 6.40. The SMILES string of the molecule is CCCNC(c1cscc1Br)C(C)c1ccccc1. The van der Waals surface area contributed by atoms with Crippen molar-refractivity contribution in [2.45, 2.75) is 32.2 Å². The average Bonchev–Trinajstić information content (AvgIpc) is 2.86. The largest absolute Gasteiger partial charge is 0.309 e. The molecule has 3 heteroatoms. The van der Waals surface area contributed by atoms with Gasteiger partial charge in [-0.15, -0.1) is 0 Å². The summed E-state index contributed by atoms with van der Waals surface area (Å²) in [6, 6.07) is 11.1. The molecule has 0 fully saturated rings. The Hall–Kier alpha value is -0.640. The van der Waals surface area contributed by atoms with Gasteiger partial charge in [-0.05, 0) is 45.4 Å². The molecule has 0 aliphatic carbocycles. The van der Waals surface area contributed by atoms with Gasteiger partial charge >= 0.3 is 0 Å². The van der Waals surface area contributed by atoms with E-state index in [1.807, 2.05) is 0 Å². The Kier molecular flexibility index (Phi) is 5.61. The van der Waals surface area contributed by atoms with Crippen LogP contribution in [0.25, 0.3) is 0 Å². The molecule has 19 heavy (non-hydrogen) atoms. The lowest BCUT2D eigenvalue weighted by Gasteiger charge is -2.25. The van der Waals surface area contributed by atoms with Gasteiger partial charge in [-0.2, -0.15) is 11.3 Å². The number of thiophene rings is 1. The zero-order chi connectivity index (χ0) is 13.7. The number of rotatable bonds is 6. The number of benzene rings is 1. The molecule has 1 aromatic heterocycles. The van der Waals surface area contributed by atoms with E-state index in [0.29, 0.717) is 12.0 Å². The first-order chi connectivity index (χ1) is 9.24. The van der Waals surface area contributed by atoms with Crippen LogP contribution in [0.3, 0.4) is 0 Å². The Labute approximate surface area is 128 Å². The fourth-order valence-electron chi connectivity index (χ4n) is 2.32. The van der Waals surface area contributed by atoms with Gasteiger partial charge in [-0.1, -0.05) is 44.2 Å². The zero-order valence-corrected chi connectivity index (χ0v) is 13.8. The van der Waals surface area contributed by atoms with E-state index in [0.717, 1.165) is 13.0 Å². The van der Waals surface area contributed by atoms with Crippen molar-refractivity contribution in [3.8, 4) is 0 Å². The number of halogens is 1. The Morgan fingerprint density at radius 2 is 1.95 bits per heavy atom. The third-order valence-corrected chi connectivity index (χ3v) is 5.17. The molecule has 2 aromatic rings. The van der Waals surface area contributed by atoms with Crippen LogP contribution in [0.15, 0.2) is 45.6 Å². The second-order valence-electron chi connectivity index (χ2n) is 4.81. The molecule has 0 saturated heterocycles. The van der Waals surface area contributed by atoms with Gasteiger partial charge in [0, 0.05) is 21.8 Å². The van der Waals surface area contributed by atoms with E-state index in [-0.39, 0.29) is 0 Å². The van der Waals surface area contributed by atoms with Crippen molar-refractivity contribution in [2.75, 3.05) is 6.54 Å². The van der Waals surface area contributed by atoms with E-state index in [4.69, 9.17) is 0 Å². The van der Waals surface area contributed by atoms with E-state index >= 15 is 0 Å². The molecule has 2 unspecified atom stereocenters. The highest BCUT2D eigenvalue weighted by atomic mass is 79.9. The molecule has 2 atom stereocenters. The Morgan fingerprint density at radius 3 is 2.53 bits per heavy atom. The molecule has 0 aliphatic rings. The van der Waals surface area contributed by atoms with Crippen LogP contribution in [-0.2, 0) is 0 Å². The van der Waals surface area contributed by atoms with Crippen LogP contribution in [0.2, 0.25) is 0 Å².